The maximum Gasteiger partial charge on any atom is 0.265 e. The fraction of sp³-hybridized carbons (Fsp3) is 0. The Morgan fingerprint density at radius 3 is 2.31 bits per heavy atom. The van der Waals surface area contributed by atoms with Crippen molar-refractivity contribution in [1.82, 2.24) is 4.98 Å². The lowest BCUT2D eigenvalue weighted by atomic mass is 10.2. The van der Waals surface area contributed by atoms with Crippen LogP contribution in [0.3, 0.4) is 0 Å². The highest BCUT2D eigenvalue weighted by Crippen LogP contribution is 2.25. The van der Waals surface area contributed by atoms with E-state index in [1.54, 1.807) is 47.8 Å². The van der Waals surface area contributed by atoms with Crippen molar-refractivity contribution < 1.29 is 14.0 Å². The molecule has 2 aromatic heterocycles. The maximum atomic E-state index is 13.0. The number of thiazole rings is 1. The van der Waals surface area contributed by atoms with Gasteiger partial charge in [0.15, 0.2) is 5.13 Å². The zero-order valence-electron chi connectivity index (χ0n) is 14.9. The minimum absolute atomic E-state index is 0.187. The summed E-state index contributed by atoms with van der Waals surface area (Å²) < 4.78 is 13.0. The van der Waals surface area contributed by atoms with Crippen LogP contribution in [0.5, 0.6) is 0 Å². The number of amides is 2. The number of anilines is 2. The Kier molecular flexibility index (Phi) is 5.46. The molecule has 2 heterocycles. The van der Waals surface area contributed by atoms with Crippen molar-refractivity contribution in [2.24, 2.45) is 0 Å². The van der Waals surface area contributed by atoms with E-state index < -0.39 is 0 Å². The second kappa shape index (κ2) is 8.34. The van der Waals surface area contributed by atoms with Crippen LogP contribution in [0.4, 0.5) is 15.2 Å². The Balaban J connectivity index is 1.40. The Morgan fingerprint density at radius 2 is 1.62 bits per heavy atom. The third-order valence-electron chi connectivity index (χ3n) is 4.01. The molecule has 0 saturated carbocycles. The van der Waals surface area contributed by atoms with Crippen LogP contribution in [-0.4, -0.2) is 16.8 Å². The molecule has 0 aliphatic heterocycles. The van der Waals surface area contributed by atoms with E-state index in [4.69, 9.17) is 0 Å². The quantitative estimate of drug-likeness (QED) is 0.444. The van der Waals surface area contributed by atoms with Gasteiger partial charge in [0.1, 0.15) is 5.82 Å². The highest BCUT2D eigenvalue weighted by atomic mass is 32.1. The molecule has 4 aromatic rings. The van der Waals surface area contributed by atoms with E-state index >= 15 is 0 Å². The zero-order valence-corrected chi connectivity index (χ0v) is 16.5. The Labute approximate surface area is 173 Å². The number of aromatic nitrogens is 1. The summed E-state index contributed by atoms with van der Waals surface area (Å²) in [6.07, 6.45) is 0. The Bertz CT molecular complexity index is 1140. The van der Waals surface area contributed by atoms with Gasteiger partial charge in [0, 0.05) is 22.2 Å². The monoisotopic (exact) mass is 423 g/mol. The average Bonchev–Trinajstić information content (AvgIpc) is 3.41. The predicted octanol–water partition coefficient (Wildman–Crippen LogP) is 5.52. The topological polar surface area (TPSA) is 71.1 Å². The van der Waals surface area contributed by atoms with Crippen LogP contribution in [0.2, 0.25) is 0 Å². The molecule has 2 amide bonds. The molecular weight excluding hydrogens is 409 g/mol. The third-order valence-corrected chi connectivity index (χ3v) is 5.64. The molecular formula is C21H14FN3O2S2. The Morgan fingerprint density at radius 1 is 0.862 bits per heavy atom. The van der Waals surface area contributed by atoms with E-state index in [2.05, 4.69) is 15.6 Å². The van der Waals surface area contributed by atoms with Gasteiger partial charge >= 0.3 is 0 Å². The first-order chi connectivity index (χ1) is 14.1. The molecule has 0 aliphatic carbocycles. The lowest BCUT2D eigenvalue weighted by molar-refractivity contribution is 0.102. The number of rotatable bonds is 5. The molecule has 2 aromatic carbocycles. The summed E-state index contributed by atoms with van der Waals surface area (Å²) in [7, 11) is 0. The number of hydrogen-bond acceptors (Lipinski definition) is 5. The second-order valence-corrected chi connectivity index (χ2v) is 7.81. The van der Waals surface area contributed by atoms with Crippen LogP contribution >= 0.6 is 22.7 Å². The molecule has 2 N–H and O–H groups in total. The van der Waals surface area contributed by atoms with Gasteiger partial charge in [0.25, 0.3) is 11.8 Å². The summed E-state index contributed by atoms with van der Waals surface area (Å²) in [4.78, 5) is 29.5. The second-order valence-electron chi connectivity index (χ2n) is 6.01. The van der Waals surface area contributed by atoms with Crippen molar-refractivity contribution >= 4 is 45.3 Å². The largest absolute Gasteiger partial charge is 0.321 e. The van der Waals surface area contributed by atoms with Crippen LogP contribution < -0.4 is 10.6 Å². The summed E-state index contributed by atoms with van der Waals surface area (Å²) in [5, 5.41) is 9.62. The number of benzene rings is 2. The molecule has 4 rings (SSSR count). The lowest BCUT2D eigenvalue weighted by Gasteiger charge is -2.05. The number of nitrogens with one attached hydrogen (secondary N) is 2. The molecule has 0 aliphatic rings. The number of carbonyl (C=O) groups excluding carboxylic acids is 2. The molecule has 144 valence electrons. The summed E-state index contributed by atoms with van der Waals surface area (Å²) in [5.41, 5.74) is 2.48. The summed E-state index contributed by atoms with van der Waals surface area (Å²) in [6, 6.07) is 16.2. The summed E-state index contributed by atoms with van der Waals surface area (Å²) in [5.74, 6) is -0.804. The van der Waals surface area contributed by atoms with Crippen molar-refractivity contribution in [2.75, 3.05) is 10.6 Å². The molecule has 5 nitrogen and oxygen atoms in total. The van der Waals surface area contributed by atoms with E-state index in [0.29, 0.717) is 27.0 Å². The van der Waals surface area contributed by atoms with E-state index in [9.17, 15) is 14.0 Å². The van der Waals surface area contributed by atoms with Crippen molar-refractivity contribution in [1.29, 1.82) is 0 Å². The standard InChI is InChI=1S/C21H14FN3O2S2/c22-15-7-3-13(4-8-15)17-12-29-21(24-17)25-19(26)14-5-9-16(10-6-14)23-20(27)18-2-1-11-28-18/h1-12H,(H,23,27)(H,24,25,26). The molecule has 0 atom stereocenters. The fourth-order valence-electron chi connectivity index (χ4n) is 2.56. The molecule has 0 spiro atoms. The molecule has 0 radical (unpaired) electrons. The number of hydrogen-bond donors (Lipinski definition) is 2. The van der Waals surface area contributed by atoms with Crippen LogP contribution in [0.15, 0.2) is 71.4 Å². The predicted molar refractivity (Wildman–Crippen MR) is 114 cm³/mol. The minimum Gasteiger partial charge on any atom is -0.321 e. The number of halogens is 1. The molecule has 0 saturated heterocycles. The van der Waals surface area contributed by atoms with Gasteiger partial charge in [0.2, 0.25) is 0 Å². The van der Waals surface area contributed by atoms with E-state index in [1.165, 1.54) is 34.8 Å². The normalized spacial score (nSPS) is 10.5. The third kappa shape index (κ3) is 4.56. The van der Waals surface area contributed by atoms with Gasteiger partial charge < -0.3 is 5.32 Å². The van der Waals surface area contributed by atoms with Gasteiger partial charge in [0.05, 0.1) is 10.6 Å². The highest BCUT2D eigenvalue weighted by molar-refractivity contribution is 7.14. The zero-order chi connectivity index (χ0) is 20.2. The van der Waals surface area contributed by atoms with Gasteiger partial charge in [-0.15, -0.1) is 22.7 Å². The van der Waals surface area contributed by atoms with Gasteiger partial charge in [-0.3, -0.25) is 14.9 Å². The van der Waals surface area contributed by atoms with E-state index in [-0.39, 0.29) is 17.6 Å². The molecule has 0 bridgehead atoms. The number of nitrogens with zero attached hydrogens (tertiary/aromatic N) is 1. The summed E-state index contributed by atoms with van der Waals surface area (Å²) in [6.45, 7) is 0. The van der Waals surface area contributed by atoms with Crippen molar-refractivity contribution in [3.8, 4) is 11.3 Å². The molecule has 29 heavy (non-hydrogen) atoms. The van der Waals surface area contributed by atoms with Crippen LogP contribution in [0.25, 0.3) is 11.3 Å². The maximum absolute atomic E-state index is 13.0. The van der Waals surface area contributed by atoms with Gasteiger partial charge in [-0.1, -0.05) is 6.07 Å². The van der Waals surface area contributed by atoms with E-state index in [0.717, 1.165) is 5.56 Å². The van der Waals surface area contributed by atoms with Crippen molar-refractivity contribution in [3.05, 3.63) is 87.7 Å². The average molecular weight is 423 g/mol. The van der Waals surface area contributed by atoms with Gasteiger partial charge in [-0.05, 0) is 60.0 Å². The van der Waals surface area contributed by atoms with Crippen LogP contribution in [-0.2, 0) is 0 Å². The molecule has 8 heteroatoms. The van der Waals surface area contributed by atoms with Gasteiger partial charge in [-0.25, -0.2) is 9.37 Å². The first-order valence-electron chi connectivity index (χ1n) is 8.56. The van der Waals surface area contributed by atoms with E-state index in [1.807, 2.05) is 11.4 Å². The lowest BCUT2D eigenvalue weighted by Crippen LogP contribution is -2.13. The fourth-order valence-corrected chi connectivity index (χ4v) is 3.89. The van der Waals surface area contributed by atoms with Crippen LogP contribution in [0.1, 0.15) is 20.0 Å². The van der Waals surface area contributed by atoms with Gasteiger partial charge in [-0.2, -0.15) is 0 Å². The molecule has 0 unspecified atom stereocenters. The molecule has 0 fully saturated rings. The van der Waals surface area contributed by atoms with Crippen molar-refractivity contribution in [3.63, 3.8) is 0 Å². The van der Waals surface area contributed by atoms with Crippen LogP contribution in [0, 0.1) is 5.82 Å². The number of carbonyl (C=O) groups is 2. The number of thiophene rings is 1. The van der Waals surface area contributed by atoms with Crippen molar-refractivity contribution in [2.45, 2.75) is 0 Å². The smallest absolute Gasteiger partial charge is 0.265 e. The first-order valence-corrected chi connectivity index (χ1v) is 10.3. The highest BCUT2D eigenvalue weighted by Gasteiger charge is 2.11. The first kappa shape index (κ1) is 19.0. The Hall–Kier alpha value is -3.36. The summed E-state index contributed by atoms with van der Waals surface area (Å²) >= 11 is 2.65. The minimum atomic E-state index is -0.312. The SMILES string of the molecule is O=C(Nc1nc(-c2ccc(F)cc2)cs1)c1ccc(NC(=O)c2cccs2)cc1.